The Morgan fingerprint density at radius 3 is 2.12 bits per heavy atom. The Bertz CT molecular complexity index is 859. The minimum absolute atomic E-state index is 0.0784. The molecule has 0 aliphatic carbocycles. The maximum absolute atomic E-state index is 10.3. The maximum atomic E-state index is 10.3. The summed E-state index contributed by atoms with van der Waals surface area (Å²) in [6.45, 7) is 0. The Balaban J connectivity index is 1.79. The van der Waals surface area contributed by atoms with Crippen molar-refractivity contribution >= 4 is 11.4 Å². The van der Waals surface area contributed by atoms with Gasteiger partial charge in [-0.25, -0.2) is 0 Å². The molecule has 1 heterocycles. The van der Waals surface area contributed by atoms with Gasteiger partial charge in [0.25, 0.3) is 0 Å². The summed E-state index contributed by atoms with van der Waals surface area (Å²) in [5.41, 5.74) is 4.08. The summed E-state index contributed by atoms with van der Waals surface area (Å²) in [6.07, 6.45) is 0.808. The molecule has 1 aliphatic rings. The van der Waals surface area contributed by atoms with Gasteiger partial charge in [-0.15, -0.1) is 0 Å². The standard InChI is InChI=1S/C21H18N2O/c24-21-14-8-7-13-19(21)23-20(17-11-5-2-6-12-17)15-18(22-23)16-9-3-1-4-10-16/h1-14,20,24H,15H2. The van der Waals surface area contributed by atoms with Crippen LogP contribution in [0.1, 0.15) is 23.6 Å². The van der Waals surface area contributed by atoms with Crippen molar-refractivity contribution < 1.29 is 5.11 Å². The maximum Gasteiger partial charge on any atom is 0.140 e. The van der Waals surface area contributed by atoms with Crippen molar-refractivity contribution in [1.82, 2.24) is 0 Å². The summed E-state index contributed by atoms with van der Waals surface area (Å²) in [5.74, 6) is 0.247. The van der Waals surface area contributed by atoms with Gasteiger partial charge in [-0.2, -0.15) is 5.10 Å². The van der Waals surface area contributed by atoms with Gasteiger partial charge >= 0.3 is 0 Å². The number of nitrogens with zero attached hydrogens (tertiary/aromatic N) is 2. The average molecular weight is 314 g/mol. The molecule has 0 saturated heterocycles. The van der Waals surface area contributed by atoms with Crippen molar-refractivity contribution in [2.75, 3.05) is 5.01 Å². The van der Waals surface area contributed by atoms with Gasteiger partial charge in [-0.1, -0.05) is 72.8 Å². The number of benzene rings is 3. The molecule has 0 fully saturated rings. The van der Waals surface area contributed by atoms with Gasteiger partial charge in [0.1, 0.15) is 11.4 Å². The van der Waals surface area contributed by atoms with Gasteiger partial charge in [-0.3, -0.25) is 5.01 Å². The molecule has 0 radical (unpaired) electrons. The molecule has 0 amide bonds. The number of hydrogen-bond donors (Lipinski definition) is 1. The van der Waals surface area contributed by atoms with Crippen LogP contribution in [0.25, 0.3) is 0 Å². The molecule has 3 heteroatoms. The Morgan fingerprint density at radius 1 is 0.792 bits per heavy atom. The topological polar surface area (TPSA) is 35.8 Å². The van der Waals surface area contributed by atoms with E-state index in [1.165, 1.54) is 5.56 Å². The zero-order valence-electron chi connectivity index (χ0n) is 13.2. The molecule has 4 rings (SSSR count). The monoisotopic (exact) mass is 314 g/mol. The first-order valence-corrected chi connectivity index (χ1v) is 8.08. The van der Waals surface area contributed by atoms with E-state index in [-0.39, 0.29) is 11.8 Å². The van der Waals surface area contributed by atoms with Crippen LogP contribution >= 0.6 is 0 Å². The Labute approximate surface area is 141 Å². The lowest BCUT2D eigenvalue weighted by Gasteiger charge is -2.24. The molecule has 24 heavy (non-hydrogen) atoms. The largest absolute Gasteiger partial charge is 0.506 e. The van der Waals surface area contributed by atoms with Crippen LogP contribution in [-0.2, 0) is 0 Å². The summed E-state index contributed by atoms with van der Waals surface area (Å²) < 4.78 is 0. The van der Waals surface area contributed by atoms with Crippen LogP contribution in [0.5, 0.6) is 5.75 Å². The Morgan fingerprint density at radius 2 is 1.42 bits per heavy atom. The number of para-hydroxylation sites is 2. The van der Waals surface area contributed by atoms with Gasteiger partial charge < -0.3 is 5.11 Å². The van der Waals surface area contributed by atoms with Crippen LogP contribution in [0.15, 0.2) is 90.0 Å². The zero-order chi connectivity index (χ0) is 16.4. The van der Waals surface area contributed by atoms with Gasteiger partial charge in [0.15, 0.2) is 0 Å². The minimum atomic E-state index is 0.0784. The Hall–Kier alpha value is -3.07. The molecule has 0 aromatic heterocycles. The molecule has 1 unspecified atom stereocenters. The Kier molecular flexibility index (Phi) is 3.75. The van der Waals surface area contributed by atoms with Crippen molar-refractivity contribution in [3.63, 3.8) is 0 Å². The lowest BCUT2D eigenvalue weighted by molar-refractivity contribution is 0.472. The zero-order valence-corrected chi connectivity index (χ0v) is 13.2. The normalized spacial score (nSPS) is 16.9. The molecular weight excluding hydrogens is 296 g/mol. The number of aromatic hydroxyl groups is 1. The van der Waals surface area contributed by atoms with E-state index in [0.29, 0.717) is 0 Å². The lowest BCUT2D eigenvalue weighted by atomic mass is 9.98. The fourth-order valence-electron chi connectivity index (χ4n) is 3.13. The van der Waals surface area contributed by atoms with E-state index >= 15 is 0 Å². The second-order valence-electron chi connectivity index (χ2n) is 5.88. The van der Waals surface area contributed by atoms with Crippen LogP contribution in [0.2, 0.25) is 0 Å². The van der Waals surface area contributed by atoms with Crippen LogP contribution in [0, 0.1) is 0 Å². The first-order valence-electron chi connectivity index (χ1n) is 8.08. The van der Waals surface area contributed by atoms with E-state index in [4.69, 9.17) is 5.10 Å². The number of anilines is 1. The SMILES string of the molecule is Oc1ccccc1N1N=C(c2ccccc2)CC1c1ccccc1. The first kappa shape index (κ1) is 14.5. The van der Waals surface area contributed by atoms with Crippen LogP contribution in [0.4, 0.5) is 5.69 Å². The van der Waals surface area contributed by atoms with E-state index < -0.39 is 0 Å². The number of rotatable bonds is 3. The van der Waals surface area contributed by atoms with Crippen molar-refractivity contribution in [3.05, 3.63) is 96.1 Å². The predicted octanol–water partition coefficient (Wildman–Crippen LogP) is 4.75. The van der Waals surface area contributed by atoms with Crippen molar-refractivity contribution in [2.45, 2.75) is 12.5 Å². The predicted molar refractivity (Wildman–Crippen MR) is 97.4 cm³/mol. The molecule has 1 atom stereocenters. The molecule has 0 bridgehead atoms. The molecule has 3 aromatic rings. The number of hydrazone groups is 1. The van der Waals surface area contributed by atoms with E-state index in [1.54, 1.807) is 6.07 Å². The molecule has 1 aliphatic heterocycles. The third-order valence-electron chi connectivity index (χ3n) is 4.33. The molecule has 118 valence electrons. The van der Waals surface area contributed by atoms with E-state index in [0.717, 1.165) is 23.4 Å². The van der Waals surface area contributed by atoms with Crippen LogP contribution in [-0.4, -0.2) is 10.8 Å². The molecule has 1 N–H and O–H groups in total. The van der Waals surface area contributed by atoms with Crippen LogP contribution < -0.4 is 5.01 Å². The molecule has 0 spiro atoms. The summed E-state index contributed by atoms with van der Waals surface area (Å²) in [6, 6.07) is 28.0. The van der Waals surface area contributed by atoms with Gasteiger partial charge in [0, 0.05) is 6.42 Å². The van der Waals surface area contributed by atoms with Crippen LogP contribution in [0.3, 0.4) is 0 Å². The minimum Gasteiger partial charge on any atom is -0.506 e. The van der Waals surface area contributed by atoms with Crippen molar-refractivity contribution in [2.24, 2.45) is 5.10 Å². The fourth-order valence-corrected chi connectivity index (χ4v) is 3.13. The van der Waals surface area contributed by atoms with E-state index in [9.17, 15) is 5.11 Å². The smallest absolute Gasteiger partial charge is 0.140 e. The second-order valence-corrected chi connectivity index (χ2v) is 5.88. The van der Waals surface area contributed by atoms with Crippen molar-refractivity contribution in [3.8, 4) is 5.75 Å². The molecule has 0 saturated carbocycles. The molecule has 3 aromatic carbocycles. The highest BCUT2D eigenvalue weighted by molar-refractivity contribution is 6.03. The third kappa shape index (κ3) is 2.65. The highest BCUT2D eigenvalue weighted by Gasteiger charge is 2.30. The summed E-state index contributed by atoms with van der Waals surface area (Å²) in [4.78, 5) is 0. The number of hydrogen-bond acceptors (Lipinski definition) is 3. The molecule has 3 nitrogen and oxygen atoms in total. The fraction of sp³-hybridized carbons (Fsp3) is 0.0952. The average Bonchev–Trinajstić information content (AvgIpc) is 3.09. The summed E-state index contributed by atoms with van der Waals surface area (Å²) in [5, 5.41) is 17.1. The summed E-state index contributed by atoms with van der Waals surface area (Å²) >= 11 is 0. The van der Waals surface area contributed by atoms with Gasteiger partial charge in [0.2, 0.25) is 0 Å². The molecular formula is C21H18N2O. The highest BCUT2D eigenvalue weighted by atomic mass is 16.3. The quantitative estimate of drug-likeness (QED) is 0.757. The number of phenols is 1. The van der Waals surface area contributed by atoms with Crippen molar-refractivity contribution in [1.29, 1.82) is 0 Å². The second kappa shape index (κ2) is 6.20. The third-order valence-corrected chi connectivity index (χ3v) is 4.33. The first-order chi connectivity index (χ1) is 11.8. The van der Waals surface area contributed by atoms with E-state index in [2.05, 4.69) is 24.3 Å². The van der Waals surface area contributed by atoms with Gasteiger partial charge in [0.05, 0.1) is 11.8 Å². The summed E-state index contributed by atoms with van der Waals surface area (Å²) in [7, 11) is 0. The lowest BCUT2D eigenvalue weighted by Crippen LogP contribution is -2.18. The van der Waals surface area contributed by atoms with E-state index in [1.807, 2.05) is 59.6 Å². The van der Waals surface area contributed by atoms with Gasteiger partial charge in [-0.05, 0) is 23.3 Å². The highest BCUT2D eigenvalue weighted by Crippen LogP contribution is 2.40. The number of phenolic OH excluding ortho intramolecular Hbond substituents is 1.